The van der Waals surface area contributed by atoms with Gasteiger partial charge in [-0.3, -0.25) is 10.1 Å². The summed E-state index contributed by atoms with van der Waals surface area (Å²) in [5, 5.41) is 14.4. The van der Waals surface area contributed by atoms with Gasteiger partial charge >= 0.3 is 0 Å². The second kappa shape index (κ2) is 6.72. The van der Waals surface area contributed by atoms with E-state index in [1.807, 2.05) is 19.1 Å². The summed E-state index contributed by atoms with van der Waals surface area (Å²) in [6, 6.07) is 11.1. The van der Waals surface area contributed by atoms with Crippen LogP contribution in [0.1, 0.15) is 23.6 Å². The van der Waals surface area contributed by atoms with Crippen LogP contribution in [-0.4, -0.2) is 4.92 Å². The second-order valence-corrected chi connectivity index (χ2v) is 5.76. The molecule has 0 unspecified atom stereocenters. The van der Waals surface area contributed by atoms with Crippen molar-refractivity contribution in [1.82, 2.24) is 0 Å². The van der Waals surface area contributed by atoms with Crippen molar-refractivity contribution < 1.29 is 4.92 Å². The molecule has 110 valence electrons. The fourth-order valence-electron chi connectivity index (χ4n) is 2.33. The monoisotopic (exact) mass is 348 g/mol. The van der Waals surface area contributed by atoms with E-state index in [1.165, 1.54) is 11.6 Å². The summed E-state index contributed by atoms with van der Waals surface area (Å²) in [6.07, 6.45) is 0.921. The maximum atomic E-state index is 11.1. The van der Waals surface area contributed by atoms with Crippen molar-refractivity contribution in [3.8, 4) is 0 Å². The minimum atomic E-state index is -0.345. The zero-order chi connectivity index (χ0) is 15.4. The highest BCUT2D eigenvalue weighted by Gasteiger charge is 2.14. The Morgan fingerprint density at radius 2 is 2.00 bits per heavy atom. The van der Waals surface area contributed by atoms with Gasteiger partial charge in [0.1, 0.15) is 0 Å². The average molecular weight is 349 g/mol. The quantitative estimate of drug-likeness (QED) is 0.621. The van der Waals surface area contributed by atoms with Crippen LogP contribution < -0.4 is 5.32 Å². The van der Waals surface area contributed by atoms with Crippen LogP contribution in [-0.2, 0) is 13.0 Å². The molecule has 0 radical (unpaired) electrons. The summed E-state index contributed by atoms with van der Waals surface area (Å²) < 4.78 is 0.838. The molecule has 0 heterocycles. The number of aryl methyl sites for hydroxylation is 2. The van der Waals surface area contributed by atoms with Gasteiger partial charge in [-0.15, -0.1) is 0 Å². The highest BCUT2D eigenvalue weighted by Crippen LogP contribution is 2.26. The molecule has 0 bridgehead atoms. The Kier molecular flexibility index (Phi) is 4.96. The Hall–Kier alpha value is -1.88. The van der Waals surface area contributed by atoms with Crippen LogP contribution >= 0.6 is 15.9 Å². The van der Waals surface area contributed by atoms with Crippen LogP contribution in [0.4, 0.5) is 11.4 Å². The Morgan fingerprint density at radius 3 is 2.67 bits per heavy atom. The van der Waals surface area contributed by atoms with Crippen LogP contribution in [0.2, 0.25) is 0 Å². The maximum Gasteiger partial charge on any atom is 0.274 e. The van der Waals surface area contributed by atoms with Gasteiger partial charge < -0.3 is 5.32 Å². The van der Waals surface area contributed by atoms with E-state index >= 15 is 0 Å². The third-order valence-corrected chi connectivity index (χ3v) is 3.93. The molecule has 0 saturated heterocycles. The third kappa shape index (κ3) is 3.61. The molecule has 5 heteroatoms. The predicted octanol–water partition coefficient (Wildman–Crippen LogP) is 4.84. The fourth-order valence-corrected chi connectivity index (χ4v) is 2.74. The van der Waals surface area contributed by atoms with E-state index < -0.39 is 0 Å². The topological polar surface area (TPSA) is 55.2 Å². The fraction of sp³-hybridized carbons (Fsp3) is 0.250. The van der Waals surface area contributed by atoms with Gasteiger partial charge in [0.25, 0.3) is 5.69 Å². The van der Waals surface area contributed by atoms with Gasteiger partial charge in [-0.05, 0) is 36.6 Å². The highest BCUT2D eigenvalue weighted by atomic mass is 79.9. The number of nitrogens with one attached hydrogen (secondary N) is 1. The van der Waals surface area contributed by atoms with Gasteiger partial charge in [-0.1, -0.05) is 41.1 Å². The van der Waals surface area contributed by atoms with Crippen molar-refractivity contribution in [3.63, 3.8) is 0 Å². The molecule has 1 N–H and O–H groups in total. The van der Waals surface area contributed by atoms with Crippen molar-refractivity contribution in [2.24, 2.45) is 0 Å². The highest BCUT2D eigenvalue weighted by molar-refractivity contribution is 9.10. The molecule has 4 nitrogen and oxygen atoms in total. The average Bonchev–Trinajstić information content (AvgIpc) is 2.45. The molecule has 0 saturated carbocycles. The zero-order valence-corrected chi connectivity index (χ0v) is 13.6. The first-order chi connectivity index (χ1) is 10.0. The molecule has 0 spiro atoms. The lowest BCUT2D eigenvalue weighted by atomic mass is 10.1. The van der Waals surface area contributed by atoms with Crippen molar-refractivity contribution in [3.05, 3.63) is 67.7 Å². The summed E-state index contributed by atoms with van der Waals surface area (Å²) in [5.74, 6) is 0. The minimum absolute atomic E-state index is 0.136. The summed E-state index contributed by atoms with van der Waals surface area (Å²) >= 11 is 3.36. The van der Waals surface area contributed by atoms with Gasteiger partial charge in [-0.25, -0.2) is 0 Å². The first-order valence-electron chi connectivity index (χ1n) is 6.78. The Balaban J connectivity index is 2.28. The third-order valence-electron chi connectivity index (χ3n) is 3.43. The molecule has 0 aliphatic heterocycles. The van der Waals surface area contributed by atoms with Crippen LogP contribution in [0.25, 0.3) is 0 Å². The van der Waals surface area contributed by atoms with Gasteiger partial charge in [0.2, 0.25) is 0 Å². The Bertz CT molecular complexity index is 671. The van der Waals surface area contributed by atoms with Crippen LogP contribution in [0.3, 0.4) is 0 Å². The number of hydrogen-bond acceptors (Lipinski definition) is 3. The van der Waals surface area contributed by atoms with E-state index in [9.17, 15) is 10.1 Å². The first-order valence-corrected chi connectivity index (χ1v) is 7.57. The smallest absolute Gasteiger partial charge is 0.274 e. The molecule has 0 aliphatic rings. The van der Waals surface area contributed by atoms with E-state index in [0.29, 0.717) is 12.1 Å². The molecule has 2 aromatic carbocycles. The molecule has 0 aromatic heterocycles. The summed E-state index contributed by atoms with van der Waals surface area (Å²) in [5.41, 5.74) is 4.23. The molecule has 2 aromatic rings. The van der Waals surface area contributed by atoms with Gasteiger partial charge in [0.05, 0.1) is 4.92 Å². The maximum absolute atomic E-state index is 11.1. The number of rotatable bonds is 5. The molecular formula is C16H17BrN2O2. The van der Waals surface area contributed by atoms with E-state index in [-0.39, 0.29) is 10.6 Å². The lowest BCUT2D eigenvalue weighted by Crippen LogP contribution is -2.06. The Morgan fingerprint density at radius 1 is 1.24 bits per heavy atom. The number of benzene rings is 2. The first kappa shape index (κ1) is 15.5. The lowest BCUT2D eigenvalue weighted by molar-refractivity contribution is -0.385. The molecule has 0 amide bonds. The van der Waals surface area contributed by atoms with Gasteiger partial charge in [0, 0.05) is 28.3 Å². The lowest BCUT2D eigenvalue weighted by Gasteiger charge is -2.14. The molecular weight excluding hydrogens is 332 g/mol. The Labute approximate surface area is 132 Å². The zero-order valence-electron chi connectivity index (χ0n) is 12.0. The number of halogens is 1. The van der Waals surface area contributed by atoms with Crippen LogP contribution in [0, 0.1) is 17.0 Å². The number of anilines is 1. The summed E-state index contributed by atoms with van der Waals surface area (Å²) in [4.78, 5) is 10.8. The second-order valence-electron chi connectivity index (χ2n) is 4.85. The van der Waals surface area contributed by atoms with Crippen LogP contribution in [0.15, 0.2) is 40.9 Å². The SMILES string of the molecule is CCc1cccc(C)c1NCc1cc(Br)ccc1[N+](=O)[O-]. The largest absolute Gasteiger partial charge is 0.380 e. The molecule has 0 fully saturated rings. The number of hydrogen-bond donors (Lipinski definition) is 1. The van der Waals surface area contributed by atoms with Gasteiger partial charge in [-0.2, -0.15) is 0 Å². The predicted molar refractivity (Wildman–Crippen MR) is 88.7 cm³/mol. The normalized spacial score (nSPS) is 10.4. The van der Waals surface area contributed by atoms with Crippen LogP contribution in [0.5, 0.6) is 0 Å². The molecule has 2 rings (SSSR count). The number of nitro groups is 1. The van der Waals surface area contributed by atoms with Crippen molar-refractivity contribution >= 4 is 27.3 Å². The molecule has 21 heavy (non-hydrogen) atoms. The van der Waals surface area contributed by atoms with Gasteiger partial charge in [0.15, 0.2) is 0 Å². The van der Waals surface area contributed by atoms with Crippen molar-refractivity contribution in [2.45, 2.75) is 26.8 Å². The van der Waals surface area contributed by atoms with Crippen molar-refractivity contribution in [2.75, 3.05) is 5.32 Å². The number of para-hydroxylation sites is 1. The summed E-state index contributed by atoms with van der Waals surface area (Å²) in [7, 11) is 0. The summed E-state index contributed by atoms with van der Waals surface area (Å²) in [6.45, 7) is 4.56. The number of nitro benzene ring substituents is 1. The minimum Gasteiger partial charge on any atom is -0.380 e. The standard InChI is InChI=1S/C16H17BrN2O2/c1-3-12-6-4-5-11(2)16(12)18-10-13-9-14(17)7-8-15(13)19(20)21/h4-9,18H,3,10H2,1-2H3. The molecule has 0 atom stereocenters. The number of nitrogens with zero attached hydrogens (tertiary/aromatic N) is 1. The van der Waals surface area contributed by atoms with E-state index in [2.05, 4.69) is 34.2 Å². The van der Waals surface area contributed by atoms with E-state index in [4.69, 9.17) is 0 Å². The molecule has 0 aliphatic carbocycles. The van der Waals surface area contributed by atoms with E-state index in [1.54, 1.807) is 12.1 Å². The van der Waals surface area contributed by atoms with E-state index in [0.717, 1.165) is 22.1 Å². The van der Waals surface area contributed by atoms with Crippen molar-refractivity contribution in [1.29, 1.82) is 0 Å².